The van der Waals surface area contributed by atoms with Crippen LogP contribution in [0.5, 0.6) is 6.01 Å². The van der Waals surface area contributed by atoms with Gasteiger partial charge < -0.3 is 15.5 Å². The number of benzene rings is 1. The number of nitrogen functional groups attached to an aromatic ring is 1. The maximum atomic E-state index is 5.67. The van der Waals surface area contributed by atoms with Crippen LogP contribution in [-0.4, -0.2) is 15.6 Å². The molecule has 1 aromatic heterocycles. The number of fused-ring (bicyclic) bond motifs is 1. The van der Waals surface area contributed by atoms with E-state index in [4.69, 9.17) is 10.5 Å². The number of aromatic nitrogens is 2. The van der Waals surface area contributed by atoms with Gasteiger partial charge in [0.05, 0.1) is 11.0 Å². The highest BCUT2D eigenvalue weighted by Gasteiger charge is 2.14. The maximum Gasteiger partial charge on any atom is 0.295 e. The predicted octanol–water partition coefficient (Wildman–Crippen LogP) is 2.32. The number of rotatable bonds is 1. The number of anilines is 1. The van der Waals surface area contributed by atoms with Crippen molar-refractivity contribution in [2.75, 3.05) is 5.73 Å². The van der Waals surface area contributed by atoms with Gasteiger partial charge in [0.2, 0.25) is 0 Å². The number of hydrogen-bond donors (Lipinski definition) is 2. The van der Waals surface area contributed by atoms with E-state index in [1.54, 1.807) is 0 Å². The summed E-state index contributed by atoms with van der Waals surface area (Å²) in [7, 11) is 0. The zero-order chi connectivity index (χ0) is 11.1. The highest BCUT2D eigenvalue weighted by atomic mass is 16.5. The average Bonchev–Trinajstić information content (AvgIpc) is 2.42. The molecule has 0 saturated heterocycles. The Morgan fingerprint density at radius 1 is 1.33 bits per heavy atom. The first-order chi connectivity index (χ1) is 6.94. The van der Waals surface area contributed by atoms with E-state index >= 15 is 0 Å². The molecule has 0 atom stereocenters. The molecule has 0 fully saturated rings. The van der Waals surface area contributed by atoms with Crippen molar-refractivity contribution in [2.24, 2.45) is 0 Å². The molecule has 1 heterocycles. The standard InChI is InChI=1S/C11H15N3O/c1-11(2,3)15-10-13-8-5-4-7(12)6-9(8)14-10/h4-6H,12H2,1-3H3,(H,13,14). The summed E-state index contributed by atoms with van der Waals surface area (Å²) in [5.74, 6) is 0. The van der Waals surface area contributed by atoms with Crippen LogP contribution >= 0.6 is 0 Å². The molecule has 2 rings (SSSR count). The zero-order valence-electron chi connectivity index (χ0n) is 9.16. The quantitative estimate of drug-likeness (QED) is 0.702. The molecule has 0 spiro atoms. The van der Waals surface area contributed by atoms with Gasteiger partial charge in [-0.25, -0.2) is 0 Å². The third-order valence-corrected chi connectivity index (χ3v) is 1.89. The van der Waals surface area contributed by atoms with Gasteiger partial charge in [0.1, 0.15) is 5.60 Å². The molecule has 0 aliphatic rings. The number of ether oxygens (including phenoxy) is 1. The molecule has 3 N–H and O–H groups in total. The molecule has 0 aliphatic heterocycles. The van der Waals surface area contributed by atoms with Gasteiger partial charge in [-0.15, -0.1) is 0 Å². The Morgan fingerprint density at radius 3 is 2.73 bits per heavy atom. The van der Waals surface area contributed by atoms with Gasteiger partial charge in [-0.05, 0) is 39.0 Å². The SMILES string of the molecule is CC(C)(C)Oc1nc2ccc(N)cc2[nH]1. The van der Waals surface area contributed by atoms with Crippen LogP contribution in [-0.2, 0) is 0 Å². The first kappa shape index (κ1) is 9.83. The van der Waals surface area contributed by atoms with Crippen LogP contribution in [0.2, 0.25) is 0 Å². The van der Waals surface area contributed by atoms with Gasteiger partial charge in [0.15, 0.2) is 0 Å². The number of hydrogen-bond acceptors (Lipinski definition) is 3. The minimum atomic E-state index is -0.251. The van der Waals surface area contributed by atoms with E-state index in [1.165, 1.54) is 0 Å². The van der Waals surface area contributed by atoms with Crippen molar-refractivity contribution in [3.05, 3.63) is 18.2 Å². The third-order valence-electron chi connectivity index (χ3n) is 1.89. The molecule has 2 aromatic rings. The molecule has 15 heavy (non-hydrogen) atoms. The van der Waals surface area contributed by atoms with Crippen molar-refractivity contribution in [1.82, 2.24) is 9.97 Å². The van der Waals surface area contributed by atoms with Gasteiger partial charge >= 0.3 is 0 Å². The molecule has 0 amide bonds. The second kappa shape index (κ2) is 3.15. The van der Waals surface area contributed by atoms with E-state index in [2.05, 4.69) is 9.97 Å². The van der Waals surface area contributed by atoms with E-state index in [0.717, 1.165) is 11.0 Å². The first-order valence-corrected chi connectivity index (χ1v) is 4.88. The molecule has 0 unspecified atom stereocenters. The average molecular weight is 205 g/mol. The van der Waals surface area contributed by atoms with E-state index < -0.39 is 0 Å². The molecule has 0 aliphatic carbocycles. The van der Waals surface area contributed by atoms with Crippen molar-refractivity contribution < 1.29 is 4.74 Å². The fourth-order valence-electron chi connectivity index (χ4n) is 1.34. The summed E-state index contributed by atoms with van der Waals surface area (Å²) in [6.07, 6.45) is 0. The van der Waals surface area contributed by atoms with Gasteiger partial charge in [-0.1, -0.05) is 0 Å². The molecular formula is C11H15N3O. The van der Waals surface area contributed by atoms with Crippen LogP contribution in [0.25, 0.3) is 11.0 Å². The van der Waals surface area contributed by atoms with E-state index in [1.807, 2.05) is 39.0 Å². The van der Waals surface area contributed by atoms with Crippen molar-refractivity contribution in [3.8, 4) is 6.01 Å². The van der Waals surface area contributed by atoms with E-state index in [0.29, 0.717) is 11.7 Å². The van der Waals surface area contributed by atoms with Crippen LogP contribution in [0.3, 0.4) is 0 Å². The van der Waals surface area contributed by atoms with Gasteiger partial charge in [0.25, 0.3) is 6.01 Å². The van der Waals surface area contributed by atoms with E-state index in [-0.39, 0.29) is 5.60 Å². The normalized spacial score (nSPS) is 11.9. The topological polar surface area (TPSA) is 63.9 Å². The summed E-state index contributed by atoms with van der Waals surface area (Å²) >= 11 is 0. The van der Waals surface area contributed by atoms with Crippen LogP contribution in [0, 0.1) is 0 Å². The predicted molar refractivity (Wildman–Crippen MR) is 60.9 cm³/mol. The van der Waals surface area contributed by atoms with Gasteiger partial charge in [-0.2, -0.15) is 4.98 Å². The smallest absolute Gasteiger partial charge is 0.295 e. The van der Waals surface area contributed by atoms with Gasteiger partial charge in [0, 0.05) is 5.69 Å². The van der Waals surface area contributed by atoms with Crippen molar-refractivity contribution in [2.45, 2.75) is 26.4 Å². The molecule has 4 nitrogen and oxygen atoms in total. The monoisotopic (exact) mass is 205 g/mol. The maximum absolute atomic E-state index is 5.67. The van der Waals surface area contributed by atoms with E-state index in [9.17, 15) is 0 Å². The lowest BCUT2D eigenvalue weighted by molar-refractivity contribution is 0.119. The lowest BCUT2D eigenvalue weighted by Crippen LogP contribution is -2.23. The molecule has 1 aromatic carbocycles. The van der Waals surface area contributed by atoms with Crippen molar-refractivity contribution in [1.29, 1.82) is 0 Å². The number of nitrogens with two attached hydrogens (primary N) is 1. The minimum Gasteiger partial charge on any atom is -0.459 e. The summed E-state index contributed by atoms with van der Waals surface area (Å²) in [6, 6.07) is 6.07. The highest BCUT2D eigenvalue weighted by molar-refractivity contribution is 5.79. The second-order valence-corrected chi connectivity index (χ2v) is 4.53. The Labute approximate surface area is 88.5 Å². The minimum absolute atomic E-state index is 0.251. The lowest BCUT2D eigenvalue weighted by Gasteiger charge is -2.18. The fraction of sp³-hybridized carbons (Fsp3) is 0.364. The number of imidazole rings is 1. The summed E-state index contributed by atoms with van der Waals surface area (Å²) in [5, 5.41) is 0. The number of nitrogens with zero attached hydrogens (tertiary/aromatic N) is 1. The number of nitrogens with one attached hydrogen (secondary N) is 1. The van der Waals surface area contributed by atoms with Crippen LogP contribution < -0.4 is 10.5 Å². The Kier molecular flexibility index (Phi) is 2.07. The summed E-state index contributed by atoms with van der Waals surface area (Å²) in [4.78, 5) is 7.39. The molecule has 0 bridgehead atoms. The largest absolute Gasteiger partial charge is 0.459 e. The zero-order valence-corrected chi connectivity index (χ0v) is 9.16. The van der Waals surface area contributed by atoms with Crippen LogP contribution in [0.4, 0.5) is 5.69 Å². The molecule has 0 saturated carbocycles. The second-order valence-electron chi connectivity index (χ2n) is 4.53. The van der Waals surface area contributed by atoms with Crippen molar-refractivity contribution >= 4 is 16.7 Å². The van der Waals surface area contributed by atoms with Crippen LogP contribution in [0.15, 0.2) is 18.2 Å². The molecule has 0 radical (unpaired) electrons. The Hall–Kier alpha value is -1.71. The Balaban J connectivity index is 2.39. The highest BCUT2D eigenvalue weighted by Crippen LogP contribution is 2.20. The molecule has 80 valence electrons. The Bertz CT molecular complexity index is 482. The molecule has 4 heteroatoms. The fourth-order valence-corrected chi connectivity index (χ4v) is 1.34. The lowest BCUT2D eigenvalue weighted by atomic mass is 10.2. The van der Waals surface area contributed by atoms with Crippen LogP contribution in [0.1, 0.15) is 20.8 Å². The summed E-state index contributed by atoms with van der Waals surface area (Å²) < 4.78 is 5.62. The number of aromatic amines is 1. The first-order valence-electron chi connectivity index (χ1n) is 4.88. The summed E-state index contributed by atoms with van der Waals surface area (Å²) in [6.45, 7) is 5.94. The van der Waals surface area contributed by atoms with Gasteiger partial charge in [-0.3, -0.25) is 0 Å². The Morgan fingerprint density at radius 2 is 2.07 bits per heavy atom. The summed E-state index contributed by atoms with van der Waals surface area (Å²) in [5.41, 5.74) is 7.90. The molecular weight excluding hydrogens is 190 g/mol. The third kappa shape index (κ3) is 2.21. The number of H-pyrrole nitrogens is 1. The van der Waals surface area contributed by atoms with Crippen molar-refractivity contribution in [3.63, 3.8) is 0 Å².